The molecule has 3 heterocycles. The van der Waals surface area contributed by atoms with Crippen LogP contribution in [0.15, 0.2) is 89.7 Å². The number of fused-ring (bicyclic) bond motifs is 1. The molecule has 0 aliphatic rings. The van der Waals surface area contributed by atoms with E-state index in [-0.39, 0.29) is 41.6 Å². The molecule has 218 valence electrons. The zero-order valence-electron chi connectivity index (χ0n) is 22.3. The second kappa shape index (κ2) is 11.7. The number of hydrogen-bond donors (Lipinski definition) is 1. The lowest BCUT2D eigenvalue weighted by atomic mass is 10.1. The summed E-state index contributed by atoms with van der Waals surface area (Å²) in [6.07, 6.45) is 1.39. The van der Waals surface area contributed by atoms with E-state index < -0.39 is 21.9 Å². The second-order valence-corrected chi connectivity index (χ2v) is 12.4. The maximum Gasteiger partial charge on any atom is 0.372 e. The van der Waals surface area contributed by atoms with Crippen molar-refractivity contribution in [2.45, 2.75) is 31.8 Å². The predicted molar refractivity (Wildman–Crippen MR) is 158 cm³/mol. The molecule has 13 heteroatoms. The van der Waals surface area contributed by atoms with Crippen LogP contribution in [0.2, 0.25) is 5.02 Å². The third-order valence-corrected chi connectivity index (χ3v) is 9.19. The molecule has 0 radical (unpaired) electrons. The van der Waals surface area contributed by atoms with Crippen molar-refractivity contribution in [3.63, 3.8) is 0 Å². The molecule has 0 bridgehead atoms. The summed E-state index contributed by atoms with van der Waals surface area (Å²) >= 11 is 9.63. The fourth-order valence-electron chi connectivity index (χ4n) is 4.67. The largest absolute Gasteiger partial charge is 0.475 e. The smallest absolute Gasteiger partial charge is 0.372 e. The van der Waals surface area contributed by atoms with Crippen LogP contribution in [-0.2, 0) is 23.1 Å². The maximum atomic E-state index is 14.0. The summed E-state index contributed by atoms with van der Waals surface area (Å²) < 4.78 is 46.1. The standard InChI is InChI=1S/C29H24BrClN2O8S/c1-3-33(42(37,38)21-8-10-24-22(14-21)17(2)27(41-24)29(35)36)23-9-6-19(31)13-18(23)15-32(16-20-7-11-26(30)40-20)28(34)25-5-4-12-39-25/h4-14H,3,15-16H2,1-2H3,(H,35,36). The van der Waals surface area contributed by atoms with Crippen molar-refractivity contribution in [1.82, 2.24) is 4.90 Å². The van der Waals surface area contributed by atoms with Crippen LogP contribution in [0.3, 0.4) is 0 Å². The van der Waals surface area contributed by atoms with E-state index >= 15 is 0 Å². The molecule has 0 aliphatic carbocycles. The number of hydrogen-bond acceptors (Lipinski definition) is 7. The molecule has 3 aromatic heterocycles. The van der Waals surface area contributed by atoms with Crippen LogP contribution in [-0.4, -0.2) is 36.8 Å². The summed E-state index contributed by atoms with van der Waals surface area (Å²) in [7, 11) is -4.16. The molecule has 0 unspecified atom stereocenters. The lowest BCUT2D eigenvalue weighted by Crippen LogP contribution is -2.34. The van der Waals surface area contributed by atoms with Gasteiger partial charge < -0.3 is 23.3 Å². The summed E-state index contributed by atoms with van der Waals surface area (Å²) in [5.41, 5.74) is 1.36. The van der Waals surface area contributed by atoms with Crippen molar-refractivity contribution < 1.29 is 36.4 Å². The number of carbonyl (C=O) groups is 2. The topological polar surface area (TPSA) is 134 Å². The second-order valence-electron chi connectivity index (χ2n) is 9.31. The number of sulfonamides is 1. The highest BCUT2D eigenvalue weighted by molar-refractivity contribution is 9.10. The minimum Gasteiger partial charge on any atom is -0.475 e. The molecule has 2 aromatic carbocycles. The zero-order valence-corrected chi connectivity index (χ0v) is 25.5. The number of amides is 1. The van der Waals surface area contributed by atoms with Gasteiger partial charge in [0.05, 0.1) is 23.4 Å². The lowest BCUT2D eigenvalue weighted by Gasteiger charge is -2.28. The SMILES string of the molecule is CCN(c1ccc(Cl)cc1CN(Cc1ccc(Br)o1)C(=O)c1ccco1)S(=O)(=O)c1ccc2oc(C(=O)O)c(C)c2c1. The molecule has 5 aromatic rings. The Labute approximate surface area is 254 Å². The van der Waals surface area contributed by atoms with Crippen LogP contribution in [0.25, 0.3) is 11.0 Å². The first-order valence-corrected chi connectivity index (χ1v) is 15.2. The van der Waals surface area contributed by atoms with Gasteiger partial charge in [-0.3, -0.25) is 9.10 Å². The number of anilines is 1. The van der Waals surface area contributed by atoms with Crippen molar-refractivity contribution in [2.24, 2.45) is 0 Å². The van der Waals surface area contributed by atoms with Crippen molar-refractivity contribution in [3.8, 4) is 0 Å². The molecular weight excluding hydrogens is 652 g/mol. The van der Waals surface area contributed by atoms with E-state index in [2.05, 4.69) is 15.9 Å². The van der Waals surface area contributed by atoms with Gasteiger partial charge in [0.2, 0.25) is 5.76 Å². The molecule has 1 amide bonds. The maximum absolute atomic E-state index is 14.0. The Balaban J connectivity index is 1.55. The Morgan fingerprint density at radius 3 is 2.45 bits per heavy atom. The first-order chi connectivity index (χ1) is 20.0. The molecule has 1 N–H and O–H groups in total. The van der Waals surface area contributed by atoms with E-state index in [9.17, 15) is 23.1 Å². The Hall–Kier alpha value is -4.00. The van der Waals surface area contributed by atoms with Gasteiger partial charge in [-0.25, -0.2) is 13.2 Å². The average molecular weight is 676 g/mol. The molecule has 0 fully saturated rings. The van der Waals surface area contributed by atoms with Gasteiger partial charge in [-0.05, 0) is 96.0 Å². The van der Waals surface area contributed by atoms with Crippen LogP contribution >= 0.6 is 27.5 Å². The minimum atomic E-state index is -4.16. The van der Waals surface area contributed by atoms with E-state index in [4.69, 9.17) is 24.9 Å². The van der Waals surface area contributed by atoms with Gasteiger partial charge in [0, 0.05) is 29.1 Å². The third-order valence-electron chi connectivity index (χ3n) is 6.64. The predicted octanol–water partition coefficient (Wildman–Crippen LogP) is 7.10. The Morgan fingerprint density at radius 2 is 1.81 bits per heavy atom. The minimum absolute atomic E-state index is 0.0262. The Bertz CT molecular complexity index is 1900. The summed E-state index contributed by atoms with van der Waals surface area (Å²) in [6, 6.07) is 15.5. The van der Waals surface area contributed by atoms with Crippen molar-refractivity contribution in [3.05, 3.63) is 105 Å². The number of aromatic carboxylic acids is 1. The molecule has 0 spiro atoms. The summed E-state index contributed by atoms with van der Waals surface area (Å²) in [6.45, 7) is 3.34. The number of benzene rings is 2. The average Bonchev–Trinajstić information content (AvgIpc) is 3.70. The molecule has 42 heavy (non-hydrogen) atoms. The highest BCUT2D eigenvalue weighted by atomic mass is 79.9. The number of halogens is 2. The number of furan rings is 3. The van der Waals surface area contributed by atoms with Crippen molar-refractivity contribution in [2.75, 3.05) is 10.8 Å². The number of carboxylic acids is 1. The number of rotatable bonds is 10. The molecule has 5 rings (SSSR count). The number of aryl methyl sites for hydroxylation is 1. The van der Waals surface area contributed by atoms with Crippen LogP contribution in [0.5, 0.6) is 0 Å². The fraction of sp³-hybridized carbons (Fsp3) is 0.172. The van der Waals surface area contributed by atoms with Crippen LogP contribution in [0.1, 0.15) is 44.9 Å². The first kappa shape index (κ1) is 29.5. The van der Waals surface area contributed by atoms with Gasteiger partial charge in [-0.15, -0.1) is 0 Å². The van der Waals surface area contributed by atoms with Gasteiger partial charge in [0.25, 0.3) is 15.9 Å². The van der Waals surface area contributed by atoms with Gasteiger partial charge in [-0.1, -0.05) is 11.6 Å². The van der Waals surface area contributed by atoms with Gasteiger partial charge in [0.15, 0.2) is 10.4 Å². The zero-order chi connectivity index (χ0) is 30.2. The quantitative estimate of drug-likeness (QED) is 0.166. The number of carbonyl (C=O) groups excluding carboxylic acids is 1. The number of nitrogens with zero attached hydrogens (tertiary/aromatic N) is 2. The van der Waals surface area contributed by atoms with Crippen LogP contribution in [0.4, 0.5) is 5.69 Å². The fourth-order valence-corrected chi connectivity index (χ4v) is 6.74. The van der Waals surface area contributed by atoms with E-state index in [0.717, 1.165) is 0 Å². The monoisotopic (exact) mass is 674 g/mol. The Kier molecular flexibility index (Phi) is 8.22. The van der Waals surface area contributed by atoms with Crippen molar-refractivity contribution in [1.29, 1.82) is 0 Å². The van der Waals surface area contributed by atoms with E-state index in [1.54, 1.807) is 56.3 Å². The normalized spacial score (nSPS) is 11.6. The number of carboxylic acid groups (broad SMARTS) is 1. The molecule has 0 saturated carbocycles. The van der Waals surface area contributed by atoms with Gasteiger partial charge in [0.1, 0.15) is 11.3 Å². The molecular formula is C29H24BrClN2O8S. The van der Waals surface area contributed by atoms with E-state index in [1.165, 1.54) is 33.7 Å². The van der Waals surface area contributed by atoms with Gasteiger partial charge >= 0.3 is 5.97 Å². The first-order valence-electron chi connectivity index (χ1n) is 12.6. The summed E-state index contributed by atoms with van der Waals surface area (Å²) in [5.74, 6) is -1.33. The van der Waals surface area contributed by atoms with Crippen LogP contribution in [0, 0.1) is 6.92 Å². The summed E-state index contributed by atoms with van der Waals surface area (Å²) in [5, 5.41) is 10.1. The lowest BCUT2D eigenvalue weighted by molar-refractivity contribution is 0.0661. The highest BCUT2D eigenvalue weighted by Crippen LogP contribution is 2.34. The molecule has 10 nitrogen and oxygen atoms in total. The Morgan fingerprint density at radius 1 is 1.02 bits per heavy atom. The molecule has 0 saturated heterocycles. The van der Waals surface area contributed by atoms with E-state index in [1.807, 2.05) is 0 Å². The third kappa shape index (κ3) is 5.69. The summed E-state index contributed by atoms with van der Waals surface area (Å²) in [4.78, 5) is 26.4. The van der Waals surface area contributed by atoms with Crippen LogP contribution < -0.4 is 4.31 Å². The molecule has 0 atom stereocenters. The van der Waals surface area contributed by atoms with E-state index in [0.29, 0.717) is 37.7 Å². The molecule has 0 aliphatic heterocycles. The highest BCUT2D eigenvalue weighted by Gasteiger charge is 2.29. The van der Waals surface area contributed by atoms with Crippen molar-refractivity contribution >= 4 is 66.1 Å². The van der Waals surface area contributed by atoms with Gasteiger partial charge in [-0.2, -0.15) is 0 Å².